The van der Waals surface area contributed by atoms with Crippen LogP contribution in [0.25, 0.3) is 0 Å². The van der Waals surface area contributed by atoms with Crippen molar-refractivity contribution in [1.82, 2.24) is 0 Å². The fraction of sp³-hybridized carbons (Fsp3) is 0.143. The van der Waals surface area contributed by atoms with Crippen molar-refractivity contribution in [2.75, 3.05) is 7.11 Å². The van der Waals surface area contributed by atoms with Gasteiger partial charge in [0.15, 0.2) is 11.5 Å². The van der Waals surface area contributed by atoms with Crippen LogP contribution >= 0.6 is 0 Å². The summed E-state index contributed by atoms with van der Waals surface area (Å²) in [6, 6.07) is 10.1. The summed E-state index contributed by atoms with van der Waals surface area (Å²) in [5.74, 6) is -1.34. The quantitative estimate of drug-likeness (QED) is 0.814. The molecule has 0 aliphatic heterocycles. The van der Waals surface area contributed by atoms with Crippen LogP contribution in [0.3, 0.4) is 0 Å². The fourth-order valence-corrected chi connectivity index (χ4v) is 2.51. The van der Waals surface area contributed by atoms with Crippen molar-refractivity contribution in [3.05, 3.63) is 53.8 Å². The molecule has 0 fully saturated rings. The summed E-state index contributed by atoms with van der Waals surface area (Å²) < 4.78 is 47.5. The average molecular weight is 296 g/mol. The molecule has 0 saturated carbocycles. The van der Waals surface area contributed by atoms with Gasteiger partial charge in [-0.2, -0.15) is 12.8 Å². The van der Waals surface area contributed by atoms with Gasteiger partial charge in [-0.15, -0.1) is 0 Å². The lowest BCUT2D eigenvalue weighted by Crippen LogP contribution is -2.11. The van der Waals surface area contributed by atoms with Gasteiger partial charge in [-0.25, -0.2) is 0 Å². The third kappa shape index (κ3) is 2.91. The van der Waals surface area contributed by atoms with Gasteiger partial charge in [-0.1, -0.05) is 23.8 Å². The van der Waals surface area contributed by atoms with Crippen LogP contribution in [0.2, 0.25) is 0 Å². The number of benzene rings is 2. The summed E-state index contributed by atoms with van der Waals surface area (Å²) in [6.07, 6.45) is 0. The minimum absolute atomic E-state index is 0.0367. The molecule has 0 radical (unpaired) electrons. The molecule has 0 saturated heterocycles. The Morgan fingerprint density at radius 2 is 1.60 bits per heavy atom. The number of hydrogen-bond acceptors (Lipinski definition) is 4. The minimum atomic E-state index is -4.07. The van der Waals surface area contributed by atoms with Gasteiger partial charge in [0.2, 0.25) is 5.82 Å². The Morgan fingerprint density at radius 1 is 1.00 bits per heavy atom. The molecule has 0 aliphatic rings. The molecule has 0 aromatic heterocycles. The van der Waals surface area contributed by atoms with E-state index in [2.05, 4.69) is 0 Å². The highest BCUT2D eigenvalue weighted by Crippen LogP contribution is 2.28. The molecular weight excluding hydrogens is 283 g/mol. The third-order valence-electron chi connectivity index (χ3n) is 2.66. The molecule has 6 heteroatoms. The minimum Gasteiger partial charge on any atom is -0.494 e. The highest BCUT2D eigenvalue weighted by molar-refractivity contribution is 7.87. The standard InChI is InChI=1S/C14H13FO4S/c1-10-6-8-11(9-7-10)20(16,17)19-13-5-3-4-12(18-2)14(13)15/h3-9H,1-2H3. The van der Waals surface area contributed by atoms with Crippen LogP contribution in [0.1, 0.15) is 5.56 Å². The molecule has 0 aliphatic carbocycles. The van der Waals surface area contributed by atoms with Crippen LogP contribution in [-0.4, -0.2) is 15.5 Å². The second-order valence-corrected chi connectivity index (χ2v) is 5.67. The van der Waals surface area contributed by atoms with E-state index in [0.717, 1.165) is 5.56 Å². The fourth-order valence-electron chi connectivity index (χ4n) is 1.58. The zero-order valence-electron chi connectivity index (χ0n) is 11.0. The first-order chi connectivity index (χ1) is 9.44. The molecule has 4 nitrogen and oxygen atoms in total. The van der Waals surface area contributed by atoms with E-state index in [4.69, 9.17) is 8.92 Å². The van der Waals surface area contributed by atoms with Gasteiger partial charge in [-0.3, -0.25) is 0 Å². The zero-order chi connectivity index (χ0) is 14.8. The number of ether oxygens (including phenoxy) is 1. The van der Waals surface area contributed by atoms with Crippen LogP contribution in [-0.2, 0) is 10.1 Å². The molecule has 2 aromatic carbocycles. The first-order valence-corrected chi connectivity index (χ1v) is 7.18. The molecule has 20 heavy (non-hydrogen) atoms. The molecule has 0 amide bonds. The second-order valence-electron chi connectivity index (χ2n) is 4.12. The van der Waals surface area contributed by atoms with E-state index in [1.165, 1.54) is 37.4 Å². The molecule has 106 valence electrons. The van der Waals surface area contributed by atoms with Crippen molar-refractivity contribution < 1.29 is 21.7 Å². The zero-order valence-corrected chi connectivity index (χ0v) is 11.8. The van der Waals surface area contributed by atoms with E-state index in [0.29, 0.717) is 0 Å². The third-order valence-corrected chi connectivity index (χ3v) is 3.91. The lowest BCUT2D eigenvalue weighted by molar-refractivity contribution is 0.375. The maximum absolute atomic E-state index is 13.9. The number of methoxy groups -OCH3 is 1. The Hall–Kier alpha value is -2.08. The molecule has 0 atom stereocenters. The summed E-state index contributed by atoms with van der Waals surface area (Å²) in [6.45, 7) is 1.83. The van der Waals surface area contributed by atoms with Crippen molar-refractivity contribution in [3.63, 3.8) is 0 Å². The molecule has 0 bridgehead atoms. The summed E-state index contributed by atoms with van der Waals surface area (Å²) in [5, 5.41) is 0. The summed E-state index contributed by atoms with van der Waals surface area (Å²) in [5.41, 5.74) is 0.913. The predicted octanol–water partition coefficient (Wildman–Crippen LogP) is 2.91. The van der Waals surface area contributed by atoms with E-state index in [1.54, 1.807) is 12.1 Å². The predicted molar refractivity (Wildman–Crippen MR) is 71.9 cm³/mol. The van der Waals surface area contributed by atoms with Crippen LogP contribution in [0.4, 0.5) is 4.39 Å². The molecule has 2 rings (SSSR count). The monoisotopic (exact) mass is 296 g/mol. The number of halogens is 1. The first-order valence-electron chi connectivity index (χ1n) is 5.77. The summed E-state index contributed by atoms with van der Waals surface area (Å²) in [7, 11) is -2.78. The Bertz CT molecular complexity index is 708. The maximum Gasteiger partial charge on any atom is 0.339 e. The largest absolute Gasteiger partial charge is 0.494 e. The van der Waals surface area contributed by atoms with Crippen molar-refractivity contribution >= 4 is 10.1 Å². The highest BCUT2D eigenvalue weighted by atomic mass is 32.2. The number of aryl methyl sites for hydroxylation is 1. The van der Waals surface area contributed by atoms with Crippen molar-refractivity contribution in [2.24, 2.45) is 0 Å². The van der Waals surface area contributed by atoms with E-state index < -0.39 is 21.7 Å². The van der Waals surface area contributed by atoms with Gasteiger partial charge < -0.3 is 8.92 Å². The van der Waals surface area contributed by atoms with Crippen LogP contribution in [0.15, 0.2) is 47.4 Å². The van der Waals surface area contributed by atoms with E-state index in [-0.39, 0.29) is 10.6 Å². The van der Waals surface area contributed by atoms with Gasteiger partial charge in [0.05, 0.1) is 7.11 Å². The Kier molecular flexibility index (Phi) is 3.94. The second kappa shape index (κ2) is 5.50. The normalized spacial score (nSPS) is 11.2. The lowest BCUT2D eigenvalue weighted by atomic mass is 10.2. The highest BCUT2D eigenvalue weighted by Gasteiger charge is 2.20. The number of rotatable bonds is 4. The van der Waals surface area contributed by atoms with Crippen LogP contribution in [0, 0.1) is 12.7 Å². The number of hydrogen-bond donors (Lipinski definition) is 0. The van der Waals surface area contributed by atoms with E-state index in [1.807, 2.05) is 6.92 Å². The van der Waals surface area contributed by atoms with Crippen LogP contribution < -0.4 is 8.92 Å². The SMILES string of the molecule is COc1cccc(OS(=O)(=O)c2ccc(C)cc2)c1F. The Morgan fingerprint density at radius 3 is 2.20 bits per heavy atom. The van der Waals surface area contributed by atoms with Gasteiger partial charge in [0, 0.05) is 0 Å². The van der Waals surface area contributed by atoms with Gasteiger partial charge >= 0.3 is 10.1 Å². The van der Waals surface area contributed by atoms with Crippen LogP contribution in [0.5, 0.6) is 11.5 Å². The van der Waals surface area contributed by atoms with Crippen molar-refractivity contribution in [1.29, 1.82) is 0 Å². The van der Waals surface area contributed by atoms with Gasteiger partial charge in [0.1, 0.15) is 4.90 Å². The first kappa shape index (κ1) is 14.3. The lowest BCUT2D eigenvalue weighted by Gasteiger charge is -2.09. The summed E-state index contributed by atoms with van der Waals surface area (Å²) >= 11 is 0. The average Bonchev–Trinajstić information content (AvgIpc) is 2.41. The molecule has 0 N–H and O–H groups in total. The topological polar surface area (TPSA) is 52.6 Å². The molecule has 2 aromatic rings. The van der Waals surface area contributed by atoms with Gasteiger partial charge in [0.25, 0.3) is 0 Å². The van der Waals surface area contributed by atoms with Crippen molar-refractivity contribution in [3.8, 4) is 11.5 Å². The molecule has 0 heterocycles. The van der Waals surface area contributed by atoms with E-state index >= 15 is 0 Å². The molecule has 0 unspecified atom stereocenters. The van der Waals surface area contributed by atoms with Crippen molar-refractivity contribution in [2.45, 2.75) is 11.8 Å². The van der Waals surface area contributed by atoms with Gasteiger partial charge in [-0.05, 0) is 31.2 Å². The maximum atomic E-state index is 13.9. The smallest absolute Gasteiger partial charge is 0.339 e. The Balaban J connectivity index is 2.36. The van der Waals surface area contributed by atoms with E-state index in [9.17, 15) is 12.8 Å². The molecular formula is C14H13FO4S. The molecule has 0 spiro atoms. The Labute approximate surface area is 116 Å². The summed E-state index contributed by atoms with van der Waals surface area (Å²) in [4.78, 5) is -0.0367.